The summed E-state index contributed by atoms with van der Waals surface area (Å²) in [6.07, 6.45) is 8.62. The number of amides is 3. The van der Waals surface area contributed by atoms with Gasteiger partial charge in [-0.2, -0.15) is 0 Å². The van der Waals surface area contributed by atoms with Crippen LogP contribution in [-0.4, -0.2) is 71.5 Å². The number of allylic oxidation sites excluding steroid dienone is 1. The van der Waals surface area contributed by atoms with Crippen molar-refractivity contribution in [1.29, 1.82) is 0 Å². The Morgan fingerprint density at radius 2 is 1.92 bits per heavy atom. The fourth-order valence-corrected chi connectivity index (χ4v) is 10.1. The number of rotatable bonds is 8. The van der Waals surface area contributed by atoms with E-state index in [-0.39, 0.29) is 24.2 Å². The molecule has 1 aliphatic heterocycles. The van der Waals surface area contributed by atoms with E-state index in [2.05, 4.69) is 49.2 Å². The van der Waals surface area contributed by atoms with Crippen molar-refractivity contribution in [3.8, 4) is 16.5 Å². The zero-order valence-corrected chi connectivity index (χ0v) is 32.2. The zero-order chi connectivity index (χ0) is 36.9. The average molecular weight is 748 g/mol. The molecule has 3 fully saturated rings. The Kier molecular flexibility index (Phi) is 9.96. The van der Waals surface area contributed by atoms with E-state index in [1.54, 1.807) is 23.3 Å². The number of thiazole rings is 1. The summed E-state index contributed by atoms with van der Waals surface area (Å²) in [5.74, 6) is -2.15. The van der Waals surface area contributed by atoms with Gasteiger partial charge < -0.3 is 15.0 Å². The van der Waals surface area contributed by atoms with Gasteiger partial charge in [-0.3, -0.25) is 19.1 Å². The van der Waals surface area contributed by atoms with E-state index in [4.69, 9.17) is 14.7 Å². The molecule has 13 heteroatoms. The first kappa shape index (κ1) is 36.5. The smallest absolute Gasteiger partial charge is 0.259 e. The van der Waals surface area contributed by atoms with Crippen LogP contribution in [0.15, 0.2) is 35.7 Å². The van der Waals surface area contributed by atoms with Gasteiger partial charge in [0.05, 0.1) is 28.3 Å². The molecule has 5 atom stereocenters. The molecule has 3 aromatic rings. The Bertz CT molecular complexity index is 2040. The number of ether oxygens (including phenoxy) is 1. The first-order valence-corrected chi connectivity index (χ1v) is 21.1. The Morgan fingerprint density at radius 1 is 1.15 bits per heavy atom. The van der Waals surface area contributed by atoms with Crippen molar-refractivity contribution >= 4 is 50.0 Å². The highest BCUT2D eigenvalue weighted by molar-refractivity contribution is 7.91. The lowest BCUT2D eigenvalue weighted by Gasteiger charge is -2.26. The maximum atomic E-state index is 14.3. The third kappa shape index (κ3) is 7.10. The third-order valence-electron chi connectivity index (χ3n) is 11.3. The minimum absolute atomic E-state index is 0.131. The molecule has 0 spiro atoms. The lowest BCUT2D eigenvalue weighted by Crippen LogP contribution is -2.54. The van der Waals surface area contributed by atoms with Gasteiger partial charge >= 0.3 is 0 Å². The highest BCUT2D eigenvalue weighted by Crippen LogP contribution is 2.47. The largest absolute Gasteiger partial charge is 0.490 e. The van der Waals surface area contributed by atoms with Gasteiger partial charge in [0.1, 0.15) is 28.1 Å². The number of fused-ring (bicyclic) bond motifs is 3. The molecule has 3 aliphatic carbocycles. The van der Waals surface area contributed by atoms with Crippen LogP contribution in [0.4, 0.5) is 0 Å². The molecular formula is C39H49N5O6S2. The van der Waals surface area contributed by atoms with Gasteiger partial charge in [-0.05, 0) is 87.8 Å². The van der Waals surface area contributed by atoms with Crippen LogP contribution < -0.4 is 14.8 Å². The topological polar surface area (TPSA) is 148 Å². The molecule has 0 bridgehead atoms. The Balaban J connectivity index is 1.21. The van der Waals surface area contributed by atoms with Crippen LogP contribution in [0.25, 0.3) is 21.6 Å². The molecule has 52 heavy (non-hydrogen) atoms. The summed E-state index contributed by atoms with van der Waals surface area (Å²) < 4.78 is 34.7. The summed E-state index contributed by atoms with van der Waals surface area (Å²) in [5, 5.41) is 6.11. The molecule has 3 saturated carbocycles. The van der Waals surface area contributed by atoms with Gasteiger partial charge in [0.15, 0.2) is 0 Å². The van der Waals surface area contributed by atoms with Crippen molar-refractivity contribution < 1.29 is 27.5 Å². The lowest BCUT2D eigenvalue weighted by atomic mass is 9.93. The summed E-state index contributed by atoms with van der Waals surface area (Å²) in [4.78, 5) is 53.6. The number of nitrogens with one attached hydrogen (secondary N) is 2. The number of aryl methyl sites for hydroxylation is 2. The van der Waals surface area contributed by atoms with Gasteiger partial charge in [-0.1, -0.05) is 39.0 Å². The van der Waals surface area contributed by atoms with E-state index >= 15 is 0 Å². The van der Waals surface area contributed by atoms with Crippen molar-refractivity contribution in [3.05, 3.63) is 52.6 Å². The predicted octanol–water partition coefficient (Wildman–Crippen LogP) is 5.81. The fourth-order valence-electron chi connectivity index (χ4n) is 7.77. The van der Waals surface area contributed by atoms with E-state index in [0.29, 0.717) is 43.7 Å². The van der Waals surface area contributed by atoms with E-state index < -0.39 is 50.6 Å². The number of nitrogens with zero attached hydrogens (tertiary/aromatic N) is 3. The van der Waals surface area contributed by atoms with Crippen LogP contribution in [0.3, 0.4) is 0 Å². The second-order valence-corrected chi connectivity index (χ2v) is 18.2. The number of benzene rings is 1. The van der Waals surface area contributed by atoms with Crippen molar-refractivity contribution in [2.24, 2.45) is 17.8 Å². The maximum Gasteiger partial charge on any atom is 0.259 e. The standard InChI is InChI=1S/C39H49N5O6S2/c1-6-24-12-15-28-33(19-31(40-34(28)23(24)4)36-41-32(21-51-36)22(2)3)50-26-17-29-30(18-26)37(46)44(5)16-10-8-7-9-11-25-20-39(25,42-35(29)45)38(47)43-52(48,49)27-13-14-27/h9,11-12,15,19,21-22,25-27,29-30H,6-8,10,13-14,16-18,20H2,1-5H3,(H,42,45)(H,43,47)/b11-9-/t25-,26-,29-,30-,39-/m1/s1. The number of carbonyl (C=O) groups is 3. The summed E-state index contributed by atoms with van der Waals surface area (Å²) in [7, 11) is -2.04. The highest BCUT2D eigenvalue weighted by Gasteiger charge is 2.62. The van der Waals surface area contributed by atoms with Crippen molar-refractivity contribution in [1.82, 2.24) is 24.9 Å². The molecule has 3 amide bonds. The van der Waals surface area contributed by atoms with Crippen LogP contribution in [-0.2, 0) is 30.8 Å². The van der Waals surface area contributed by atoms with E-state index in [1.807, 2.05) is 24.3 Å². The van der Waals surface area contributed by atoms with Crippen LogP contribution in [0.1, 0.15) is 94.9 Å². The molecule has 4 aliphatic rings. The van der Waals surface area contributed by atoms with Gasteiger partial charge in [0, 0.05) is 36.3 Å². The molecule has 11 nitrogen and oxygen atoms in total. The minimum Gasteiger partial charge on any atom is -0.490 e. The third-order valence-corrected chi connectivity index (χ3v) is 14.0. The van der Waals surface area contributed by atoms with Crippen molar-refractivity contribution in [2.75, 3.05) is 13.6 Å². The number of hydrogen-bond donors (Lipinski definition) is 2. The second kappa shape index (κ2) is 14.2. The van der Waals surface area contributed by atoms with Crippen LogP contribution in [0.2, 0.25) is 0 Å². The molecule has 0 unspecified atom stereocenters. The Hall–Kier alpha value is -3.84. The zero-order valence-electron chi connectivity index (χ0n) is 30.6. The van der Waals surface area contributed by atoms with Gasteiger partial charge in [0.25, 0.3) is 5.91 Å². The molecule has 2 N–H and O–H groups in total. The van der Waals surface area contributed by atoms with Crippen LogP contribution in [0, 0.1) is 24.7 Å². The lowest BCUT2D eigenvalue weighted by molar-refractivity contribution is -0.140. The maximum absolute atomic E-state index is 14.3. The summed E-state index contributed by atoms with van der Waals surface area (Å²) in [6.45, 7) is 8.98. The van der Waals surface area contributed by atoms with Crippen LogP contribution >= 0.6 is 11.3 Å². The number of aromatic nitrogens is 2. The summed E-state index contributed by atoms with van der Waals surface area (Å²) in [6, 6.07) is 6.05. The summed E-state index contributed by atoms with van der Waals surface area (Å²) in [5.41, 5.74) is 3.42. The quantitative estimate of drug-likeness (QED) is 0.275. The SMILES string of the molecule is CCc1ccc2c(O[C@@H]3C[C@H]4C(=O)N[C@]5(C(=O)NS(=O)(=O)C6CC6)C[C@H]5/C=C\CCCCN(C)C(=O)[C@@H]4C3)cc(-c3nc(C(C)C)cs3)nc2c1C. The van der Waals surface area contributed by atoms with E-state index in [9.17, 15) is 22.8 Å². The summed E-state index contributed by atoms with van der Waals surface area (Å²) >= 11 is 1.55. The molecule has 7 rings (SSSR count). The number of hydrogen-bond acceptors (Lipinski definition) is 9. The molecule has 3 heterocycles. The van der Waals surface area contributed by atoms with E-state index in [0.717, 1.165) is 52.9 Å². The fraction of sp³-hybridized carbons (Fsp3) is 0.564. The highest BCUT2D eigenvalue weighted by atomic mass is 32.2. The Morgan fingerprint density at radius 3 is 2.63 bits per heavy atom. The molecule has 2 aromatic heterocycles. The number of pyridine rings is 1. The van der Waals surface area contributed by atoms with Gasteiger partial charge in [-0.25, -0.2) is 18.4 Å². The Labute approximate surface area is 310 Å². The predicted molar refractivity (Wildman–Crippen MR) is 201 cm³/mol. The molecule has 0 saturated heterocycles. The number of carbonyl (C=O) groups excluding carboxylic acids is 3. The normalized spacial score (nSPS) is 27.5. The van der Waals surface area contributed by atoms with Crippen LogP contribution in [0.5, 0.6) is 5.75 Å². The minimum atomic E-state index is -3.82. The van der Waals surface area contributed by atoms with Crippen molar-refractivity contribution in [3.63, 3.8) is 0 Å². The molecule has 278 valence electrons. The first-order valence-electron chi connectivity index (χ1n) is 18.7. The first-order chi connectivity index (χ1) is 24.8. The van der Waals surface area contributed by atoms with Gasteiger partial charge in [-0.15, -0.1) is 11.3 Å². The van der Waals surface area contributed by atoms with E-state index in [1.165, 1.54) is 5.56 Å². The number of sulfonamides is 1. The van der Waals surface area contributed by atoms with Gasteiger partial charge in [0.2, 0.25) is 21.8 Å². The molecule has 0 radical (unpaired) electrons. The van der Waals surface area contributed by atoms with Crippen molar-refractivity contribution in [2.45, 2.75) is 108 Å². The molecular weight excluding hydrogens is 699 g/mol. The second-order valence-electron chi connectivity index (χ2n) is 15.4. The monoisotopic (exact) mass is 747 g/mol. The molecule has 1 aromatic carbocycles. The average Bonchev–Trinajstić information content (AvgIpc) is 3.98.